The largest absolute Gasteiger partial charge is 0.483 e. The molecule has 10 nitrogen and oxygen atoms in total. The van der Waals surface area contributed by atoms with Gasteiger partial charge in [0.25, 0.3) is 5.91 Å². The number of hydrogen-bond donors (Lipinski definition) is 1. The van der Waals surface area contributed by atoms with Gasteiger partial charge in [-0.2, -0.15) is 5.10 Å². The Morgan fingerprint density at radius 2 is 1.66 bits per heavy atom. The van der Waals surface area contributed by atoms with Crippen molar-refractivity contribution in [2.24, 2.45) is 0 Å². The highest BCUT2D eigenvalue weighted by molar-refractivity contribution is 6.35. The monoisotopic (exact) mass is 680 g/mol. The van der Waals surface area contributed by atoms with Crippen LogP contribution in [0.15, 0.2) is 72.9 Å². The molecule has 0 spiro atoms. The van der Waals surface area contributed by atoms with Gasteiger partial charge in [0.2, 0.25) is 0 Å². The predicted octanol–water partition coefficient (Wildman–Crippen LogP) is 6.61. The minimum absolute atomic E-state index is 0.0415. The maximum Gasteiger partial charge on any atom is 0.386 e. The summed E-state index contributed by atoms with van der Waals surface area (Å²) < 4.78 is 37.5. The first kappa shape index (κ1) is 32.2. The van der Waals surface area contributed by atoms with E-state index in [0.29, 0.717) is 5.02 Å². The number of aromatic nitrogens is 4. The number of rotatable bonds is 9. The Morgan fingerprint density at radius 1 is 0.936 bits per heavy atom. The van der Waals surface area contributed by atoms with E-state index >= 15 is 8.78 Å². The number of carbonyl (C=O) groups excluding carboxylic acids is 2. The quantitative estimate of drug-likeness (QED) is 0.187. The van der Waals surface area contributed by atoms with Crippen molar-refractivity contribution in [2.45, 2.75) is 32.8 Å². The Bertz CT molecular complexity index is 1920. The summed E-state index contributed by atoms with van der Waals surface area (Å²) in [5, 5.41) is 10.8. The van der Waals surface area contributed by atoms with Gasteiger partial charge in [-0.15, -0.1) is 5.10 Å². The highest BCUT2D eigenvalue weighted by Crippen LogP contribution is 2.36. The van der Waals surface area contributed by atoms with Crippen molar-refractivity contribution >= 4 is 35.1 Å². The summed E-state index contributed by atoms with van der Waals surface area (Å²) in [4.78, 5) is 32.3. The van der Waals surface area contributed by atoms with Gasteiger partial charge in [0, 0.05) is 29.2 Å². The van der Waals surface area contributed by atoms with Crippen LogP contribution in [0.4, 0.5) is 8.78 Å². The number of ether oxygens (including phenoxy) is 1. The molecule has 1 saturated heterocycles. The highest BCUT2D eigenvalue weighted by atomic mass is 35.5. The fourth-order valence-electron chi connectivity index (χ4n) is 5.23. The lowest BCUT2D eigenvalue weighted by Gasteiger charge is -2.26. The lowest BCUT2D eigenvalue weighted by Crippen LogP contribution is -2.45. The zero-order valence-electron chi connectivity index (χ0n) is 25.1. The van der Waals surface area contributed by atoms with Crippen LogP contribution in [0.5, 0.6) is 5.75 Å². The van der Waals surface area contributed by atoms with Gasteiger partial charge in [-0.1, -0.05) is 64.8 Å². The van der Waals surface area contributed by atoms with Crippen molar-refractivity contribution < 1.29 is 27.9 Å². The average Bonchev–Trinajstić information content (AvgIpc) is 3.66. The van der Waals surface area contributed by atoms with Gasteiger partial charge >= 0.3 is 5.97 Å². The lowest BCUT2D eigenvalue weighted by molar-refractivity contribution is 0.0380. The third-order valence-corrected chi connectivity index (χ3v) is 8.08. The topological polar surface area (TPSA) is 104 Å². The third-order valence-electron chi connectivity index (χ3n) is 7.54. The third kappa shape index (κ3) is 7.14. The summed E-state index contributed by atoms with van der Waals surface area (Å²) in [7, 11) is 0. The van der Waals surface area contributed by atoms with Crippen LogP contribution in [-0.4, -0.2) is 49.7 Å². The molecule has 1 aliphatic rings. The van der Waals surface area contributed by atoms with Crippen LogP contribution in [0.1, 0.15) is 51.4 Å². The first-order valence-electron chi connectivity index (χ1n) is 14.7. The van der Waals surface area contributed by atoms with Gasteiger partial charge in [0.1, 0.15) is 6.61 Å². The second-order valence-electron chi connectivity index (χ2n) is 10.8. The van der Waals surface area contributed by atoms with Gasteiger partial charge < -0.3 is 9.57 Å². The van der Waals surface area contributed by atoms with Gasteiger partial charge in [0.15, 0.2) is 28.8 Å². The maximum absolute atomic E-state index is 15.4. The Balaban J connectivity index is 1.30. The molecule has 3 aromatic carbocycles. The number of carbonyl (C=O) groups is 2. The summed E-state index contributed by atoms with van der Waals surface area (Å²) in [5.74, 6) is -3.85. The SMILES string of the molecule is Cc1c(C(=O)On2ccc(C(=O)NN3CCCCC3)n2)nn(-c2ccc(Cl)cc2Cl)c1-c1cc(F)c(OCc2ccccc2)c(F)c1. The second kappa shape index (κ2) is 13.9. The van der Waals surface area contributed by atoms with Crippen LogP contribution in [-0.2, 0) is 6.61 Å². The summed E-state index contributed by atoms with van der Waals surface area (Å²) >= 11 is 12.6. The molecule has 242 valence electrons. The first-order chi connectivity index (χ1) is 22.7. The van der Waals surface area contributed by atoms with Crippen molar-refractivity contribution in [3.8, 4) is 22.7 Å². The van der Waals surface area contributed by atoms with Gasteiger partial charge in [-0.3, -0.25) is 10.2 Å². The fourth-order valence-corrected chi connectivity index (χ4v) is 5.72. The minimum atomic E-state index is -0.957. The van der Waals surface area contributed by atoms with Crippen LogP contribution in [0.25, 0.3) is 16.9 Å². The molecule has 47 heavy (non-hydrogen) atoms. The molecule has 6 rings (SSSR count). The van der Waals surface area contributed by atoms with E-state index in [1.54, 1.807) is 43.3 Å². The van der Waals surface area contributed by atoms with Crippen molar-refractivity contribution in [3.05, 3.63) is 117 Å². The molecule has 0 bridgehead atoms. The summed E-state index contributed by atoms with van der Waals surface area (Å²) in [6.45, 7) is 2.98. The molecule has 2 aromatic heterocycles. The Morgan fingerprint density at radius 3 is 2.36 bits per heavy atom. The van der Waals surface area contributed by atoms with E-state index < -0.39 is 29.3 Å². The molecule has 0 aliphatic carbocycles. The number of piperidine rings is 1. The summed E-state index contributed by atoms with van der Waals surface area (Å²) in [5.41, 5.74) is 4.12. The van der Waals surface area contributed by atoms with Gasteiger partial charge in [0.05, 0.1) is 22.6 Å². The van der Waals surface area contributed by atoms with E-state index in [1.165, 1.54) is 23.0 Å². The zero-order chi connectivity index (χ0) is 33.1. The number of hydrogen-bond acceptors (Lipinski definition) is 7. The van der Waals surface area contributed by atoms with Crippen molar-refractivity contribution in [1.82, 2.24) is 30.2 Å². The molecule has 1 aliphatic heterocycles. The zero-order valence-corrected chi connectivity index (χ0v) is 26.6. The van der Waals surface area contributed by atoms with Gasteiger partial charge in [-0.25, -0.2) is 23.3 Å². The molecule has 3 heterocycles. The average molecular weight is 682 g/mol. The molecule has 0 unspecified atom stereocenters. The molecular formula is C33H28Cl2F2N6O4. The van der Waals surface area contributed by atoms with Crippen molar-refractivity contribution in [1.29, 1.82) is 0 Å². The Kier molecular flexibility index (Phi) is 9.53. The van der Waals surface area contributed by atoms with E-state index in [1.807, 2.05) is 11.1 Å². The van der Waals surface area contributed by atoms with Crippen molar-refractivity contribution in [2.75, 3.05) is 13.1 Å². The second-order valence-corrected chi connectivity index (χ2v) is 11.7. The maximum atomic E-state index is 15.4. The van der Waals surface area contributed by atoms with Crippen LogP contribution >= 0.6 is 23.2 Å². The number of nitrogens with zero attached hydrogens (tertiary/aromatic N) is 5. The molecular weight excluding hydrogens is 653 g/mol. The van der Waals surface area contributed by atoms with E-state index in [4.69, 9.17) is 32.8 Å². The van der Waals surface area contributed by atoms with Crippen LogP contribution in [0, 0.1) is 18.6 Å². The number of amides is 1. The number of nitrogens with one attached hydrogen (secondary N) is 1. The molecule has 1 fully saturated rings. The van der Waals surface area contributed by atoms with Crippen LogP contribution in [0.2, 0.25) is 10.0 Å². The summed E-state index contributed by atoms with van der Waals surface area (Å²) in [6.07, 6.45) is 4.38. The van der Waals surface area contributed by atoms with Gasteiger partial charge in [-0.05, 0) is 61.7 Å². The first-order valence-corrected chi connectivity index (χ1v) is 15.5. The molecule has 1 N–H and O–H groups in total. The van der Waals surface area contributed by atoms with Crippen LogP contribution in [0.3, 0.4) is 0 Å². The van der Waals surface area contributed by atoms with E-state index in [0.717, 1.165) is 54.9 Å². The number of halogens is 4. The van der Waals surface area contributed by atoms with Crippen LogP contribution < -0.4 is 15.0 Å². The predicted molar refractivity (Wildman–Crippen MR) is 170 cm³/mol. The highest BCUT2D eigenvalue weighted by Gasteiger charge is 2.27. The molecule has 14 heteroatoms. The standard InChI is InChI=1S/C33H28Cl2F2N6O4/c1-20-29(33(45)47-42-15-12-27(38-42)32(44)40-41-13-6-3-7-14-41)39-43(28-11-10-23(34)18-24(28)35)30(20)22-16-25(36)31(26(37)17-22)46-19-21-8-4-2-5-9-21/h2,4-5,8-12,15-18H,3,6-7,13-14,19H2,1H3,(H,40,44). The summed E-state index contributed by atoms with van der Waals surface area (Å²) in [6, 6.07) is 17.1. The fraction of sp³-hybridized carbons (Fsp3) is 0.212. The Labute approximate surface area is 278 Å². The molecule has 0 radical (unpaired) electrons. The van der Waals surface area contributed by atoms with E-state index in [-0.39, 0.29) is 45.5 Å². The lowest BCUT2D eigenvalue weighted by atomic mass is 10.1. The smallest absolute Gasteiger partial charge is 0.386 e. The normalized spacial score (nSPS) is 13.4. The van der Waals surface area contributed by atoms with Crippen molar-refractivity contribution in [3.63, 3.8) is 0 Å². The molecule has 5 aromatic rings. The molecule has 0 saturated carbocycles. The number of benzene rings is 3. The Hall–Kier alpha value is -4.78. The van der Waals surface area contributed by atoms with E-state index in [9.17, 15) is 9.59 Å². The molecule has 1 amide bonds. The number of hydrazine groups is 1. The minimum Gasteiger partial charge on any atom is -0.483 e. The molecule has 0 atom stereocenters. The van der Waals surface area contributed by atoms with E-state index in [2.05, 4.69) is 15.6 Å².